The summed E-state index contributed by atoms with van der Waals surface area (Å²) in [6, 6.07) is 28.7. The minimum Gasteiger partial charge on any atom is -0.335 e. The van der Waals surface area contributed by atoms with Crippen LogP contribution in [0, 0.1) is 29.1 Å². The second kappa shape index (κ2) is 16.4. The molecule has 0 radical (unpaired) electrons. The van der Waals surface area contributed by atoms with E-state index in [1.807, 2.05) is 23.1 Å². The van der Waals surface area contributed by atoms with Crippen LogP contribution < -0.4 is 11.5 Å². The molecule has 6 nitrogen and oxygen atoms in total. The summed E-state index contributed by atoms with van der Waals surface area (Å²) in [5.74, 6) is 2.28. The van der Waals surface area contributed by atoms with Crippen LogP contribution in [0.4, 0.5) is 0 Å². The predicted octanol–water partition coefficient (Wildman–Crippen LogP) is 8.20. The van der Waals surface area contributed by atoms with Gasteiger partial charge in [-0.15, -0.1) is 0 Å². The standard InChI is InChI=1S/C46H57N3O3/c47-19-9-8-16-43(48)44(51)24-36(20-32-10-2-1-3-11-32)30-49(45(52)29-46-26-33-21-34(27-46)23-35(22-33)28-46)31-39(50)17-18-42-40-14-6-4-12-37(40)25-38-13-5-7-15-41(38)42/h1-7,10-15,25,33-36,43H,8-9,16-24,26-31,47-48H2/t33?,34?,35?,36-,43+,46?/m1/s1. The third-order valence-electron chi connectivity index (χ3n) is 12.7. The highest BCUT2D eigenvalue weighted by Crippen LogP contribution is 2.61. The molecule has 4 aliphatic rings. The molecule has 52 heavy (non-hydrogen) atoms. The molecular weight excluding hydrogens is 643 g/mol. The van der Waals surface area contributed by atoms with Crippen LogP contribution in [0.2, 0.25) is 0 Å². The van der Waals surface area contributed by atoms with Crippen LogP contribution in [-0.2, 0) is 27.2 Å². The number of hydrogen-bond donors (Lipinski definition) is 2. The molecule has 4 bridgehead atoms. The van der Waals surface area contributed by atoms with Gasteiger partial charge in [0.2, 0.25) is 5.91 Å². The van der Waals surface area contributed by atoms with E-state index in [-0.39, 0.29) is 41.8 Å². The second-order valence-corrected chi connectivity index (χ2v) is 16.8. The van der Waals surface area contributed by atoms with Crippen LogP contribution in [0.3, 0.4) is 0 Å². The van der Waals surface area contributed by atoms with E-state index >= 15 is 0 Å². The number of amides is 1. The summed E-state index contributed by atoms with van der Waals surface area (Å²) in [4.78, 5) is 44.1. The predicted molar refractivity (Wildman–Crippen MR) is 211 cm³/mol. The topological polar surface area (TPSA) is 106 Å². The number of hydrogen-bond acceptors (Lipinski definition) is 5. The van der Waals surface area contributed by atoms with Crippen LogP contribution in [0.1, 0.15) is 88.2 Å². The number of rotatable bonds is 18. The van der Waals surface area contributed by atoms with Gasteiger partial charge in [-0.1, -0.05) is 85.3 Å². The molecule has 4 aliphatic carbocycles. The van der Waals surface area contributed by atoms with Gasteiger partial charge in [0.15, 0.2) is 5.78 Å². The number of benzene rings is 4. The molecule has 274 valence electrons. The molecule has 0 aliphatic heterocycles. The molecule has 2 atom stereocenters. The van der Waals surface area contributed by atoms with Crippen molar-refractivity contribution >= 4 is 39.0 Å². The molecule has 0 unspecified atom stereocenters. The summed E-state index contributed by atoms with van der Waals surface area (Å²) in [6.07, 6.45) is 12.1. The Labute approximate surface area is 309 Å². The lowest BCUT2D eigenvalue weighted by Crippen LogP contribution is -2.49. The summed E-state index contributed by atoms with van der Waals surface area (Å²) in [7, 11) is 0. The van der Waals surface area contributed by atoms with Crippen LogP contribution in [0.25, 0.3) is 21.5 Å². The average Bonchev–Trinajstić information content (AvgIpc) is 3.12. The van der Waals surface area contributed by atoms with E-state index in [0.717, 1.165) is 55.4 Å². The lowest BCUT2D eigenvalue weighted by molar-refractivity contribution is -0.143. The van der Waals surface area contributed by atoms with E-state index in [1.54, 1.807) is 0 Å². The van der Waals surface area contributed by atoms with Crippen molar-refractivity contribution in [3.8, 4) is 0 Å². The maximum Gasteiger partial charge on any atom is 0.223 e. The number of unbranched alkanes of at least 4 members (excludes halogenated alkanes) is 1. The quantitative estimate of drug-likeness (QED) is 0.0805. The Kier molecular flexibility index (Phi) is 11.5. The highest BCUT2D eigenvalue weighted by atomic mass is 16.2. The Hall–Kier alpha value is -3.87. The highest BCUT2D eigenvalue weighted by Gasteiger charge is 2.51. The minimum atomic E-state index is -0.543. The summed E-state index contributed by atoms with van der Waals surface area (Å²) >= 11 is 0. The number of ketones is 2. The molecule has 0 heterocycles. The number of nitrogens with zero attached hydrogens (tertiary/aromatic N) is 1. The summed E-state index contributed by atoms with van der Waals surface area (Å²) in [6.45, 7) is 1.04. The number of aryl methyl sites for hydroxylation is 1. The molecule has 6 heteroatoms. The smallest absolute Gasteiger partial charge is 0.223 e. The second-order valence-electron chi connectivity index (χ2n) is 16.8. The Bertz CT molecular complexity index is 1780. The molecule has 0 aromatic heterocycles. The molecule has 4 aromatic carbocycles. The van der Waals surface area contributed by atoms with Gasteiger partial charge in [-0.2, -0.15) is 0 Å². The Balaban J connectivity index is 1.12. The van der Waals surface area contributed by atoms with Crippen molar-refractivity contribution in [2.45, 2.75) is 95.9 Å². The minimum absolute atomic E-state index is 0.0283. The van der Waals surface area contributed by atoms with Gasteiger partial charge < -0.3 is 16.4 Å². The van der Waals surface area contributed by atoms with Crippen LogP contribution in [0.5, 0.6) is 0 Å². The number of nitrogens with two attached hydrogens (primary N) is 2. The first-order valence-corrected chi connectivity index (χ1v) is 20.0. The first-order valence-electron chi connectivity index (χ1n) is 20.0. The molecule has 8 rings (SSSR count). The Morgan fingerprint density at radius 2 is 1.38 bits per heavy atom. The van der Waals surface area contributed by atoms with Gasteiger partial charge in [-0.3, -0.25) is 14.4 Å². The van der Waals surface area contributed by atoms with Gasteiger partial charge in [0.25, 0.3) is 0 Å². The number of fused-ring (bicyclic) bond motifs is 2. The van der Waals surface area contributed by atoms with E-state index < -0.39 is 6.04 Å². The molecule has 4 N–H and O–H groups in total. The summed E-state index contributed by atoms with van der Waals surface area (Å²) in [5.41, 5.74) is 14.5. The van der Waals surface area contributed by atoms with E-state index in [0.29, 0.717) is 45.2 Å². The van der Waals surface area contributed by atoms with Crippen molar-refractivity contribution < 1.29 is 14.4 Å². The average molecular weight is 700 g/mol. The summed E-state index contributed by atoms with van der Waals surface area (Å²) < 4.78 is 0. The van der Waals surface area contributed by atoms with E-state index in [2.05, 4.69) is 66.7 Å². The molecule has 4 aromatic rings. The van der Waals surface area contributed by atoms with Crippen molar-refractivity contribution in [2.75, 3.05) is 19.6 Å². The fourth-order valence-corrected chi connectivity index (χ4v) is 10.7. The van der Waals surface area contributed by atoms with E-state index in [4.69, 9.17) is 11.5 Å². The first kappa shape index (κ1) is 36.5. The van der Waals surface area contributed by atoms with Crippen LogP contribution in [0.15, 0.2) is 84.9 Å². The van der Waals surface area contributed by atoms with Gasteiger partial charge >= 0.3 is 0 Å². The van der Waals surface area contributed by atoms with Gasteiger partial charge in [-0.25, -0.2) is 0 Å². The van der Waals surface area contributed by atoms with Crippen molar-refractivity contribution in [1.82, 2.24) is 4.90 Å². The lowest BCUT2D eigenvalue weighted by Gasteiger charge is -2.57. The third kappa shape index (κ3) is 8.66. The number of Topliss-reactive ketones (excluding diaryl/α,β-unsaturated/α-hetero) is 2. The molecule has 0 saturated heterocycles. The normalized spacial score (nSPS) is 23.2. The summed E-state index contributed by atoms with van der Waals surface area (Å²) in [5, 5.41) is 4.69. The highest BCUT2D eigenvalue weighted by molar-refractivity contribution is 6.02. The first-order chi connectivity index (χ1) is 25.3. The van der Waals surface area contributed by atoms with E-state index in [9.17, 15) is 14.4 Å². The third-order valence-corrected chi connectivity index (χ3v) is 12.7. The van der Waals surface area contributed by atoms with Crippen molar-refractivity contribution in [1.29, 1.82) is 0 Å². The monoisotopic (exact) mass is 699 g/mol. The molecule has 4 saturated carbocycles. The zero-order chi connectivity index (χ0) is 36.1. The van der Waals surface area contributed by atoms with Gasteiger partial charge in [0.05, 0.1) is 12.6 Å². The van der Waals surface area contributed by atoms with E-state index in [1.165, 1.54) is 46.4 Å². The maximum absolute atomic E-state index is 14.6. The zero-order valence-electron chi connectivity index (χ0n) is 30.8. The molecule has 4 fully saturated rings. The Morgan fingerprint density at radius 1 is 0.788 bits per heavy atom. The van der Waals surface area contributed by atoms with Crippen molar-refractivity contribution in [2.24, 2.45) is 40.6 Å². The van der Waals surface area contributed by atoms with Crippen molar-refractivity contribution in [3.63, 3.8) is 0 Å². The lowest BCUT2D eigenvalue weighted by atomic mass is 9.49. The van der Waals surface area contributed by atoms with Gasteiger partial charge in [0.1, 0.15) is 5.78 Å². The fourth-order valence-electron chi connectivity index (χ4n) is 10.7. The largest absolute Gasteiger partial charge is 0.335 e. The zero-order valence-corrected chi connectivity index (χ0v) is 30.8. The molecule has 0 spiro atoms. The maximum atomic E-state index is 14.6. The number of carbonyl (C=O) groups is 3. The van der Waals surface area contributed by atoms with Crippen molar-refractivity contribution in [3.05, 3.63) is 96.1 Å². The van der Waals surface area contributed by atoms with Gasteiger partial charge in [-0.05, 0) is 139 Å². The Morgan fingerprint density at radius 3 is 2.00 bits per heavy atom. The fraction of sp³-hybridized carbons (Fsp3) is 0.500. The molecular formula is C46H57N3O3. The van der Waals surface area contributed by atoms with Crippen LogP contribution >= 0.6 is 0 Å². The van der Waals surface area contributed by atoms with Crippen LogP contribution in [-0.4, -0.2) is 48.0 Å². The number of carbonyl (C=O) groups excluding carboxylic acids is 3. The SMILES string of the molecule is NCCCC[C@H](N)C(=O)C[C@@H](Cc1ccccc1)CN(CC(=O)CCc1c2ccccc2cc2ccccc12)C(=O)CC12CC3CC(CC(C3)C1)C2. The van der Waals surface area contributed by atoms with Gasteiger partial charge in [0, 0.05) is 25.8 Å². The molecule has 1 amide bonds.